The van der Waals surface area contributed by atoms with Crippen molar-refractivity contribution in [3.8, 4) is 84.4 Å². The minimum absolute atomic E-state index is 0.0582. The van der Waals surface area contributed by atoms with Crippen LogP contribution in [0, 0.1) is 0 Å². The molecule has 9 aromatic carbocycles. The Hall–Kier alpha value is -8.21. The average Bonchev–Trinajstić information content (AvgIpc) is 3.74. The number of hydrogen-bond donors (Lipinski definition) is 0. The van der Waals surface area contributed by atoms with Crippen molar-refractivity contribution in [2.75, 3.05) is 0 Å². The van der Waals surface area contributed by atoms with E-state index < -0.39 is 0 Å². The molecule has 0 spiro atoms. The number of nitrogens with zero attached hydrogens (tertiary/aromatic N) is 4. The largest absolute Gasteiger partial charge is 0.309 e. The van der Waals surface area contributed by atoms with E-state index in [9.17, 15) is 1.37 Å². The second-order valence-corrected chi connectivity index (χ2v) is 14.9. The zero-order valence-electron chi connectivity index (χ0n) is 36.9. The molecule has 2 heterocycles. The quantitative estimate of drug-likeness (QED) is 0.154. The minimum Gasteiger partial charge on any atom is -0.309 e. The van der Waals surface area contributed by atoms with Crippen LogP contribution in [0.2, 0.25) is 0 Å². The highest BCUT2D eigenvalue weighted by Crippen LogP contribution is 2.41. The van der Waals surface area contributed by atoms with Crippen molar-refractivity contribution >= 4 is 21.8 Å². The zero-order valence-corrected chi connectivity index (χ0v) is 32.9. The SMILES string of the molecule is [2H]c1c([2H])c([2H])c2c(c1[2H])c1cccc(-c3ccccc3-c3ccccc3)c1n2-c1ccc(-c2ccc(-c3nc(-c4ccccc4)nc(-c4ccc(-c5ccccc5)cc4)n3)cc2)cc1. The molecule has 61 heavy (non-hydrogen) atoms. The average molecular weight is 783 g/mol. The summed E-state index contributed by atoms with van der Waals surface area (Å²) in [5, 5.41) is 1.25. The summed E-state index contributed by atoms with van der Waals surface area (Å²) in [4.78, 5) is 14.9. The molecule has 0 amide bonds. The third-order valence-electron chi connectivity index (χ3n) is 11.2. The summed E-state index contributed by atoms with van der Waals surface area (Å²) in [6.45, 7) is 0. The topological polar surface area (TPSA) is 43.6 Å². The molecule has 4 heteroatoms. The minimum atomic E-state index is -0.267. The lowest BCUT2D eigenvalue weighted by Gasteiger charge is -2.15. The van der Waals surface area contributed by atoms with Gasteiger partial charge in [0.25, 0.3) is 0 Å². The fourth-order valence-electron chi connectivity index (χ4n) is 8.24. The molecule has 286 valence electrons. The van der Waals surface area contributed by atoms with Crippen LogP contribution in [-0.2, 0) is 0 Å². The first-order valence-corrected chi connectivity index (χ1v) is 20.3. The van der Waals surface area contributed by atoms with Gasteiger partial charge in [-0.3, -0.25) is 0 Å². The molecular weight excluding hydrogens is 741 g/mol. The third kappa shape index (κ3) is 6.76. The van der Waals surface area contributed by atoms with Crippen molar-refractivity contribution in [3.63, 3.8) is 0 Å². The highest BCUT2D eigenvalue weighted by molar-refractivity contribution is 6.14. The summed E-state index contributed by atoms with van der Waals surface area (Å²) in [6.07, 6.45) is 0. The molecule has 0 aliphatic heterocycles. The van der Waals surface area contributed by atoms with Crippen molar-refractivity contribution in [2.24, 2.45) is 0 Å². The van der Waals surface area contributed by atoms with Gasteiger partial charge in [-0.2, -0.15) is 0 Å². The van der Waals surface area contributed by atoms with Gasteiger partial charge in [-0.25, -0.2) is 15.0 Å². The van der Waals surface area contributed by atoms with Gasteiger partial charge in [0.1, 0.15) is 0 Å². The summed E-state index contributed by atoms with van der Waals surface area (Å²) in [6, 6.07) is 68.8. The maximum absolute atomic E-state index is 9.21. The molecule has 0 radical (unpaired) electrons. The molecule has 0 bridgehead atoms. The Morgan fingerprint density at radius 2 is 0.721 bits per heavy atom. The Labute approximate surface area is 360 Å². The molecule has 0 aliphatic carbocycles. The first-order valence-electron chi connectivity index (χ1n) is 22.3. The molecule has 4 nitrogen and oxygen atoms in total. The Balaban J connectivity index is 0.990. The molecule has 0 N–H and O–H groups in total. The van der Waals surface area contributed by atoms with Crippen LogP contribution < -0.4 is 0 Å². The van der Waals surface area contributed by atoms with E-state index in [1.165, 1.54) is 0 Å². The normalized spacial score (nSPS) is 12.2. The molecular formula is C57H38N4. The predicted molar refractivity (Wildman–Crippen MR) is 252 cm³/mol. The van der Waals surface area contributed by atoms with E-state index in [0.717, 1.165) is 77.8 Å². The van der Waals surface area contributed by atoms with Crippen molar-refractivity contribution in [3.05, 3.63) is 230 Å². The van der Waals surface area contributed by atoms with E-state index in [0.29, 0.717) is 28.4 Å². The number of aromatic nitrogens is 4. The van der Waals surface area contributed by atoms with Crippen molar-refractivity contribution in [1.82, 2.24) is 19.5 Å². The second kappa shape index (κ2) is 15.5. The molecule has 2 aromatic heterocycles. The van der Waals surface area contributed by atoms with E-state index in [1.807, 2.05) is 120 Å². The molecule has 0 atom stereocenters. The summed E-state index contributed by atoms with van der Waals surface area (Å²) >= 11 is 0. The fourth-order valence-corrected chi connectivity index (χ4v) is 8.24. The van der Waals surface area contributed by atoms with Crippen LogP contribution in [0.3, 0.4) is 0 Å². The van der Waals surface area contributed by atoms with Crippen LogP contribution in [0.15, 0.2) is 230 Å². The van der Waals surface area contributed by atoms with Gasteiger partial charge in [-0.05, 0) is 57.1 Å². The van der Waals surface area contributed by atoms with Crippen molar-refractivity contribution in [2.45, 2.75) is 0 Å². The lowest BCUT2D eigenvalue weighted by atomic mass is 9.93. The van der Waals surface area contributed by atoms with Gasteiger partial charge in [0.05, 0.1) is 16.5 Å². The molecule has 0 fully saturated rings. The molecule has 11 aromatic rings. The van der Waals surface area contributed by atoms with E-state index in [4.69, 9.17) is 19.1 Å². The van der Waals surface area contributed by atoms with Crippen LogP contribution in [0.25, 0.3) is 106 Å². The first kappa shape index (κ1) is 31.7. The second-order valence-electron chi connectivity index (χ2n) is 14.9. The summed E-state index contributed by atoms with van der Waals surface area (Å²) in [5.41, 5.74) is 13.0. The van der Waals surface area contributed by atoms with E-state index in [-0.39, 0.29) is 24.2 Å². The predicted octanol–water partition coefficient (Wildman–Crippen LogP) is 14.6. The first-order chi connectivity index (χ1) is 31.9. The standard InChI is InChI=1S/C57H38N4/c1-4-15-39(16-5-1)40-27-31-45(32-28-40)56-58-55(44-19-8-3-9-20-44)59-57(60-56)46-33-29-41(30-34-46)42-35-37-47(38-36-42)61-53-26-13-12-23-50(53)52-25-14-24-51(54(52)61)49-22-11-10-21-48(49)43-17-6-2-7-18-43/h1-38H/i12D,13D,23D,26D. The molecule has 11 rings (SSSR count). The number of fused-ring (bicyclic) bond motifs is 3. The highest BCUT2D eigenvalue weighted by Gasteiger charge is 2.19. The molecule has 0 saturated heterocycles. The van der Waals surface area contributed by atoms with Gasteiger partial charge in [0.15, 0.2) is 17.5 Å². The van der Waals surface area contributed by atoms with Gasteiger partial charge in [-0.1, -0.05) is 212 Å². The van der Waals surface area contributed by atoms with Gasteiger partial charge >= 0.3 is 0 Å². The number of hydrogen-bond acceptors (Lipinski definition) is 3. The van der Waals surface area contributed by atoms with Crippen molar-refractivity contribution in [1.29, 1.82) is 0 Å². The van der Waals surface area contributed by atoms with Crippen LogP contribution in [0.1, 0.15) is 5.48 Å². The van der Waals surface area contributed by atoms with Crippen LogP contribution in [0.4, 0.5) is 0 Å². The zero-order chi connectivity index (χ0) is 44.0. The van der Waals surface area contributed by atoms with E-state index in [1.54, 1.807) is 0 Å². The summed E-state index contributed by atoms with van der Waals surface area (Å²) in [7, 11) is 0. The fraction of sp³-hybridized carbons (Fsp3) is 0. The molecule has 0 unspecified atom stereocenters. The molecule has 0 saturated carbocycles. The number of benzene rings is 9. The lowest BCUT2D eigenvalue weighted by Crippen LogP contribution is -2.00. The van der Waals surface area contributed by atoms with E-state index in [2.05, 4.69) is 91.0 Å². The van der Waals surface area contributed by atoms with E-state index >= 15 is 0 Å². The number of para-hydroxylation sites is 2. The summed E-state index contributed by atoms with van der Waals surface area (Å²) in [5.74, 6) is 1.76. The Morgan fingerprint density at radius 3 is 1.30 bits per heavy atom. The van der Waals surface area contributed by atoms with Crippen LogP contribution >= 0.6 is 0 Å². The van der Waals surface area contributed by atoms with Gasteiger partial charge in [0, 0.05) is 38.7 Å². The Morgan fingerprint density at radius 1 is 0.311 bits per heavy atom. The maximum Gasteiger partial charge on any atom is 0.164 e. The van der Waals surface area contributed by atoms with Gasteiger partial charge < -0.3 is 4.57 Å². The third-order valence-corrected chi connectivity index (χ3v) is 11.2. The Kier molecular flexibility index (Phi) is 8.07. The highest BCUT2D eigenvalue weighted by atomic mass is 15.0. The van der Waals surface area contributed by atoms with Crippen LogP contribution in [0.5, 0.6) is 0 Å². The Bertz CT molecular complexity index is 3540. The van der Waals surface area contributed by atoms with Crippen LogP contribution in [-0.4, -0.2) is 19.5 Å². The smallest absolute Gasteiger partial charge is 0.164 e. The summed E-state index contributed by atoms with van der Waals surface area (Å²) < 4.78 is 37.7. The van der Waals surface area contributed by atoms with Gasteiger partial charge in [0.2, 0.25) is 0 Å². The maximum atomic E-state index is 9.21. The van der Waals surface area contributed by atoms with Crippen molar-refractivity contribution < 1.29 is 5.48 Å². The van der Waals surface area contributed by atoms with Gasteiger partial charge in [-0.15, -0.1) is 0 Å². The lowest BCUT2D eigenvalue weighted by molar-refractivity contribution is 1.07. The number of rotatable bonds is 8. The molecule has 0 aliphatic rings. The monoisotopic (exact) mass is 782 g/mol.